The van der Waals surface area contributed by atoms with Gasteiger partial charge < -0.3 is 9.88 Å². The molecule has 0 bridgehead atoms. The number of fused-ring (bicyclic) bond motifs is 1. The summed E-state index contributed by atoms with van der Waals surface area (Å²) in [6, 6.07) is 14.1. The van der Waals surface area contributed by atoms with Crippen LogP contribution >= 0.6 is 0 Å². The lowest BCUT2D eigenvalue weighted by atomic mass is 9.98. The molecule has 0 saturated carbocycles. The summed E-state index contributed by atoms with van der Waals surface area (Å²) in [6.45, 7) is 6.31. The molecule has 0 spiro atoms. The van der Waals surface area contributed by atoms with E-state index in [0.29, 0.717) is 11.5 Å². The maximum absolute atomic E-state index is 12.8. The highest BCUT2D eigenvalue weighted by Gasteiger charge is 2.17. The number of hydrogen-bond acceptors (Lipinski definition) is 1. The number of amides is 1. The van der Waals surface area contributed by atoms with Gasteiger partial charge in [0, 0.05) is 29.8 Å². The number of carbonyl (C=O) groups is 1. The standard InChI is InChI=1S/C20H22N2O/c1-13(2)15-10-7-8-14(3)19(15)21-20(23)17-12-22(4)18-11-6-5-9-16(17)18/h5-13H,1-4H3,(H,21,23). The number of hydrogen-bond donors (Lipinski definition) is 1. The van der Waals surface area contributed by atoms with Gasteiger partial charge in [-0.3, -0.25) is 4.79 Å². The van der Waals surface area contributed by atoms with E-state index in [1.54, 1.807) is 0 Å². The molecule has 3 heteroatoms. The van der Waals surface area contributed by atoms with Gasteiger partial charge in [-0.25, -0.2) is 0 Å². The Hall–Kier alpha value is -2.55. The summed E-state index contributed by atoms with van der Waals surface area (Å²) in [6.07, 6.45) is 1.90. The Kier molecular flexibility index (Phi) is 3.95. The third-order valence-corrected chi connectivity index (χ3v) is 4.31. The number of carbonyl (C=O) groups excluding carboxylic acids is 1. The number of aryl methyl sites for hydroxylation is 2. The first-order valence-corrected chi connectivity index (χ1v) is 7.94. The van der Waals surface area contributed by atoms with Crippen LogP contribution in [0.2, 0.25) is 0 Å². The number of rotatable bonds is 3. The fraction of sp³-hybridized carbons (Fsp3) is 0.250. The number of anilines is 1. The van der Waals surface area contributed by atoms with Gasteiger partial charge in [-0.05, 0) is 30.0 Å². The van der Waals surface area contributed by atoms with E-state index in [9.17, 15) is 4.79 Å². The van der Waals surface area contributed by atoms with Gasteiger partial charge in [0.25, 0.3) is 5.91 Å². The van der Waals surface area contributed by atoms with E-state index in [2.05, 4.69) is 25.2 Å². The molecule has 0 aliphatic rings. The number of nitrogens with one attached hydrogen (secondary N) is 1. The molecular formula is C20H22N2O. The van der Waals surface area contributed by atoms with E-state index in [-0.39, 0.29) is 5.91 Å². The maximum atomic E-state index is 12.8. The number of aromatic nitrogens is 1. The molecule has 0 saturated heterocycles. The summed E-state index contributed by atoms with van der Waals surface area (Å²) < 4.78 is 1.99. The molecule has 1 aromatic heterocycles. The second-order valence-electron chi connectivity index (χ2n) is 6.32. The van der Waals surface area contributed by atoms with Crippen LogP contribution in [0.1, 0.15) is 41.3 Å². The number of benzene rings is 2. The van der Waals surface area contributed by atoms with Crippen LogP contribution in [0, 0.1) is 6.92 Å². The van der Waals surface area contributed by atoms with E-state index in [0.717, 1.165) is 22.2 Å². The first-order valence-electron chi connectivity index (χ1n) is 7.94. The Bertz CT molecular complexity index is 874. The van der Waals surface area contributed by atoms with E-state index >= 15 is 0 Å². The largest absolute Gasteiger partial charge is 0.350 e. The average Bonchev–Trinajstić information content (AvgIpc) is 2.87. The molecule has 1 N–H and O–H groups in total. The van der Waals surface area contributed by atoms with Crippen LogP contribution in [0.15, 0.2) is 48.7 Å². The summed E-state index contributed by atoms with van der Waals surface area (Å²) in [5.74, 6) is 0.302. The minimum absolute atomic E-state index is 0.0574. The van der Waals surface area contributed by atoms with Crippen molar-refractivity contribution in [1.29, 1.82) is 0 Å². The van der Waals surface area contributed by atoms with E-state index < -0.39 is 0 Å². The molecule has 3 rings (SSSR count). The number of para-hydroxylation sites is 2. The Morgan fingerprint density at radius 2 is 1.83 bits per heavy atom. The Labute approximate surface area is 136 Å². The van der Waals surface area contributed by atoms with E-state index in [1.807, 2.05) is 61.1 Å². The van der Waals surface area contributed by atoms with Crippen LogP contribution in [-0.4, -0.2) is 10.5 Å². The van der Waals surface area contributed by atoms with Crippen LogP contribution in [0.3, 0.4) is 0 Å². The summed E-state index contributed by atoms with van der Waals surface area (Å²) in [5.41, 5.74) is 4.95. The first kappa shape index (κ1) is 15.3. The highest BCUT2D eigenvalue weighted by molar-refractivity contribution is 6.13. The highest BCUT2D eigenvalue weighted by atomic mass is 16.1. The van der Waals surface area contributed by atoms with Crippen molar-refractivity contribution in [3.05, 3.63) is 65.4 Å². The molecule has 0 unspecified atom stereocenters. The van der Waals surface area contributed by atoms with Crippen molar-refractivity contribution in [3.8, 4) is 0 Å². The molecule has 1 heterocycles. The molecule has 0 atom stereocenters. The molecule has 0 aliphatic carbocycles. The molecule has 3 nitrogen and oxygen atoms in total. The first-order chi connectivity index (χ1) is 11.0. The summed E-state index contributed by atoms with van der Waals surface area (Å²) in [7, 11) is 1.96. The van der Waals surface area contributed by atoms with Crippen LogP contribution < -0.4 is 5.32 Å². The Morgan fingerprint density at radius 1 is 1.09 bits per heavy atom. The summed E-state index contributed by atoms with van der Waals surface area (Å²) in [4.78, 5) is 12.8. The molecular weight excluding hydrogens is 284 g/mol. The minimum atomic E-state index is -0.0574. The van der Waals surface area contributed by atoms with Crippen molar-refractivity contribution in [2.24, 2.45) is 7.05 Å². The normalized spacial score (nSPS) is 11.2. The Morgan fingerprint density at radius 3 is 2.57 bits per heavy atom. The zero-order valence-corrected chi connectivity index (χ0v) is 14.1. The zero-order valence-electron chi connectivity index (χ0n) is 14.1. The van der Waals surface area contributed by atoms with Gasteiger partial charge in [0.15, 0.2) is 0 Å². The highest BCUT2D eigenvalue weighted by Crippen LogP contribution is 2.29. The van der Waals surface area contributed by atoms with Crippen molar-refractivity contribution in [1.82, 2.24) is 4.57 Å². The lowest BCUT2D eigenvalue weighted by Gasteiger charge is -2.16. The fourth-order valence-electron chi connectivity index (χ4n) is 3.05. The van der Waals surface area contributed by atoms with Crippen LogP contribution in [0.25, 0.3) is 10.9 Å². The molecule has 3 aromatic rings. The second-order valence-corrected chi connectivity index (χ2v) is 6.32. The predicted octanol–water partition coefficient (Wildman–Crippen LogP) is 4.86. The number of nitrogens with zero attached hydrogens (tertiary/aromatic N) is 1. The monoisotopic (exact) mass is 306 g/mol. The second kappa shape index (κ2) is 5.92. The predicted molar refractivity (Wildman–Crippen MR) is 96.1 cm³/mol. The topological polar surface area (TPSA) is 34.0 Å². The van der Waals surface area contributed by atoms with E-state index in [4.69, 9.17) is 0 Å². The van der Waals surface area contributed by atoms with Crippen molar-refractivity contribution in [3.63, 3.8) is 0 Å². The van der Waals surface area contributed by atoms with Gasteiger partial charge in [0.05, 0.1) is 5.56 Å². The zero-order chi connectivity index (χ0) is 16.6. The lowest BCUT2D eigenvalue weighted by Crippen LogP contribution is -2.14. The van der Waals surface area contributed by atoms with Gasteiger partial charge in [-0.2, -0.15) is 0 Å². The molecule has 118 valence electrons. The molecule has 1 amide bonds. The average molecular weight is 306 g/mol. The molecule has 0 aliphatic heterocycles. The minimum Gasteiger partial charge on any atom is -0.350 e. The Balaban J connectivity index is 2.02. The van der Waals surface area contributed by atoms with Crippen molar-refractivity contribution < 1.29 is 4.79 Å². The maximum Gasteiger partial charge on any atom is 0.257 e. The van der Waals surface area contributed by atoms with Crippen LogP contribution in [0.5, 0.6) is 0 Å². The quantitative estimate of drug-likeness (QED) is 0.736. The summed E-state index contributed by atoms with van der Waals surface area (Å²) >= 11 is 0. The SMILES string of the molecule is Cc1cccc(C(C)C)c1NC(=O)c1cn(C)c2ccccc12. The van der Waals surface area contributed by atoms with Gasteiger partial charge >= 0.3 is 0 Å². The molecule has 0 fully saturated rings. The van der Waals surface area contributed by atoms with Gasteiger partial charge in [-0.1, -0.05) is 50.2 Å². The van der Waals surface area contributed by atoms with Gasteiger partial charge in [0.1, 0.15) is 0 Å². The third-order valence-electron chi connectivity index (χ3n) is 4.31. The summed E-state index contributed by atoms with van der Waals surface area (Å²) in [5, 5.41) is 4.11. The van der Waals surface area contributed by atoms with Crippen LogP contribution in [-0.2, 0) is 7.05 Å². The van der Waals surface area contributed by atoms with Gasteiger partial charge in [0.2, 0.25) is 0 Å². The third kappa shape index (κ3) is 2.74. The molecule has 2 aromatic carbocycles. The van der Waals surface area contributed by atoms with Gasteiger partial charge in [-0.15, -0.1) is 0 Å². The van der Waals surface area contributed by atoms with Crippen molar-refractivity contribution in [2.45, 2.75) is 26.7 Å². The smallest absolute Gasteiger partial charge is 0.257 e. The van der Waals surface area contributed by atoms with Crippen molar-refractivity contribution >= 4 is 22.5 Å². The molecule has 0 radical (unpaired) electrons. The van der Waals surface area contributed by atoms with Crippen molar-refractivity contribution in [2.75, 3.05) is 5.32 Å². The lowest BCUT2D eigenvalue weighted by molar-refractivity contribution is 0.102. The fourth-order valence-corrected chi connectivity index (χ4v) is 3.05. The molecule has 23 heavy (non-hydrogen) atoms. The van der Waals surface area contributed by atoms with E-state index in [1.165, 1.54) is 5.56 Å². The van der Waals surface area contributed by atoms with Crippen LogP contribution in [0.4, 0.5) is 5.69 Å².